The van der Waals surface area contributed by atoms with Gasteiger partial charge >= 0.3 is 5.97 Å². The molecule has 0 aromatic heterocycles. The molecule has 0 aliphatic heterocycles. The summed E-state index contributed by atoms with van der Waals surface area (Å²) < 4.78 is 0. The van der Waals surface area contributed by atoms with Crippen LogP contribution in [0.15, 0.2) is 0 Å². The lowest BCUT2D eigenvalue weighted by Crippen LogP contribution is -2.34. The summed E-state index contributed by atoms with van der Waals surface area (Å²) in [6.45, 7) is 11.2. The van der Waals surface area contributed by atoms with Crippen LogP contribution in [0, 0.1) is 11.8 Å². The maximum absolute atomic E-state index is 10.9. The van der Waals surface area contributed by atoms with E-state index in [4.69, 9.17) is 5.11 Å². The summed E-state index contributed by atoms with van der Waals surface area (Å²) in [7, 11) is 0. The van der Waals surface area contributed by atoms with Crippen molar-refractivity contribution >= 4 is 5.97 Å². The minimum atomic E-state index is -0.682. The molecular formula is C15H31NO2. The summed E-state index contributed by atoms with van der Waals surface area (Å²) >= 11 is 0. The second-order valence-electron chi connectivity index (χ2n) is 5.78. The fourth-order valence-corrected chi connectivity index (χ4v) is 1.96. The van der Waals surface area contributed by atoms with Gasteiger partial charge in [0.1, 0.15) is 0 Å². The lowest BCUT2D eigenvalue weighted by atomic mass is 10.1. The van der Waals surface area contributed by atoms with E-state index in [0.29, 0.717) is 12.5 Å². The van der Waals surface area contributed by atoms with Crippen molar-refractivity contribution in [2.75, 3.05) is 19.6 Å². The quantitative estimate of drug-likeness (QED) is 0.575. The van der Waals surface area contributed by atoms with Crippen molar-refractivity contribution in [1.82, 2.24) is 4.90 Å². The van der Waals surface area contributed by atoms with Gasteiger partial charge < -0.3 is 10.0 Å². The Morgan fingerprint density at radius 2 is 1.78 bits per heavy atom. The van der Waals surface area contributed by atoms with Gasteiger partial charge in [0, 0.05) is 6.54 Å². The fourth-order valence-electron chi connectivity index (χ4n) is 1.96. The molecule has 0 bridgehead atoms. The zero-order valence-corrected chi connectivity index (χ0v) is 12.6. The molecule has 0 aliphatic rings. The molecule has 0 saturated carbocycles. The minimum absolute atomic E-state index is 0.261. The molecule has 18 heavy (non-hydrogen) atoms. The zero-order valence-electron chi connectivity index (χ0n) is 12.6. The molecule has 0 heterocycles. The molecule has 0 aliphatic carbocycles. The van der Waals surface area contributed by atoms with E-state index in [9.17, 15) is 4.79 Å². The van der Waals surface area contributed by atoms with Crippen LogP contribution in [0.4, 0.5) is 0 Å². The first-order valence-corrected chi connectivity index (χ1v) is 7.42. The van der Waals surface area contributed by atoms with E-state index < -0.39 is 5.97 Å². The molecule has 0 radical (unpaired) electrons. The van der Waals surface area contributed by atoms with Crippen LogP contribution in [0.1, 0.15) is 59.8 Å². The number of carboxylic acids is 1. The van der Waals surface area contributed by atoms with Crippen LogP contribution >= 0.6 is 0 Å². The number of hydrogen-bond acceptors (Lipinski definition) is 2. The summed E-state index contributed by atoms with van der Waals surface area (Å²) in [5.41, 5.74) is 0. The number of unbranched alkanes of at least 4 members (excludes halogenated alkanes) is 3. The van der Waals surface area contributed by atoms with Crippen LogP contribution in [-0.4, -0.2) is 35.6 Å². The minimum Gasteiger partial charge on any atom is -0.481 e. The molecule has 108 valence electrons. The number of nitrogens with zero attached hydrogens (tertiary/aromatic N) is 1. The van der Waals surface area contributed by atoms with E-state index in [0.717, 1.165) is 19.5 Å². The van der Waals surface area contributed by atoms with Crippen LogP contribution in [0.25, 0.3) is 0 Å². The third-order valence-electron chi connectivity index (χ3n) is 3.30. The van der Waals surface area contributed by atoms with Crippen molar-refractivity contribution in [2.24, 2.45) is 11.8 Å². The standard InChI is InChI=1S/C15H31NO2/c1-5-6-7-8-10-16(11-9-13(2)3)12-14(4)15(17)18/h13-14H,5-12H2,1-4H3,(H,17,18). The van der Waals surface area contributed by atoms with Crippen molar-refractivity contribution in [3.63, 3.8) is 0 Å². The Bertz CT molecular complexity index is 217. The highest BCUT2D eigenvalue weighted by Gasteiger charge is 2.15. The van der Waals surface area contributed by atoms with Gasteiger partial charge in [-0.2, -0.15) is 0 Å². The lowest BCUT2D eigenvalue weighted by molar-refractivity contribution is -0.141. The van der Waals surface area contributed by atoms with Crippen LogP contribution in [0.5, 0.6) is 0 Å². The monoisotopic (exact) mass is 257 g/mol. The average Bonchev–Trinajstić information content (AvgIpc) is 2.30. The maximum atomic E-state index is 10.9. The van der Waals surface area contributed by atoms with Crippen LogP contribution < -0.4 is 0 Å². The third kappa shape index (κ3) is 9.46. The number of hydrogen-bond donors (Lipinski definition) is 1. The molecule has 0 amide bonds. The molecule has 0 fully saturated rings. The number of aliphatic carboxylic acids is 1. The Balaban J connectivity index is 4.02. The first-order valence-electron chi connectivity index (χ1n) is 7.42. The second kappa shape index (κ2) is 10.4. The van der Waals surface area contributed by atoms with E-state index in [1.54, 1.807) is 6.92 Å². The van der Waals surface area contributed by atoms with E-state index in [-0.39, 0.29) is 5.92 Å². The summed E-state index contributed by atoms with van der Waals surface area (Å²) in [6, 6.07) is 0. The van der Waals surface area contributed by atoms with Crippen molar-refractivity contribution in [3.05, 3.63) is 0 Å². The molecule has 0 aromatic rings. The Morgan fingerprint density at radius 3 is 2.28 bits per heavy atom. The Hall–Kier alpha value is -0.570. The molecule has 1 atom stereocenters. The molecular weight excluding hydrogens is 226 g/mol. The third-order valence-corrected chi connectivity index (χ3v) is 3.30. The highest BCUT2D eigenvalue weighted by molar-refractivity contribution is 5.69. The van der Waals surface area contributed by atoms with Gasteiger partial charge in [-0.3, -0.25) is 4.79 Å². The van der Waals surface area contributed by atoms with Crippen LogP contribution in [0.2, 0.25) is 0 Å². The van der Waals surface area contributed by atoms with Crippen LogP contribution in [0.3, 0.4) is 0 Å². The van der Waals surface area contributed by atoms with E-state index >= 15 is 0 Å². The van der Waals surface area contributed by atoms with Crippen molar-refractivity contribution < 1.29 is 9.90 Å². The van der Waals surface area contributed by atoms with Gasteiger partial charge in [-0.1, -0.05) is 47.0 Å². The van der Waals surface area contributed by atoms with Gasteiger partial charge in [0.05, 0.1) is 5.92 Å². The Morgan fingerprint density at radius 1 is 1.11 bits per heavy atom. The topological polar surface area (TPSA) is 40.5 Å². The molecule has 1 N–H and O–H groups in total. The average molecular weight is 257 g/mol. The molecule has 0 aromatic carbocycles. The number of rotatable bonds is 11. The van der Waals surface area contributed by atoms with E-state index in [2.05, 4.69) is 25.7 Å². The summed E-state index contributed by atoms with van der Waals surface area (Å²) in [5, 5.41) is 8.99. The van der Waals surface area contributed by atoms with Crippen LogP contribution in [-0.2, 0) is 4.79 Å². The highest BCUT2D eigenvalue weighted by atomic mass is 16.4. The number of carboxylic acid groups (broad SMARTS) is 1. The lowest BCUT2D eigenvalue weighted by Gasteiger charge is -2.25. The summed E-state index contributed by atoms with van der Waals surface area (Å²) in [5.74, 6) is -0.260. The highest BCUT2D eigenvalue weighted by Crippen LogP contribution is 2.08. The molecule has 3 nitrogen and oxygen atoms in total. The van der Waals surface area contributed by atoms with Gasteiger partial charge in [0.2, 0.25) is 0 Å². The summed E-state index contributed by atoms with van der Waals surface area (Å²) in [4.78, 5) is 13.3. The van der Waals surface area contributed by atoms with Crippen molar-refractivity contribution in [1.29, 1.82) is 0 Å². The molecule has 1 unspecified atom stereocenters. The fraction of sp³-hybridized carbons (Fsp3) is 0.933. The van der Waals surface area contributed by atoms with Crippen molar-refractivity contribution in [3.8, 4) is 0 Å². The first kappa shape index (κ1) is 17.4. The molecule has 0 saturated heterocycles. The predicted octanol–water partition coefficient (Wildman–Crippen LogP) is 3.64. The summed E-state index contributed by atoms with van der Waals surface area (Å²) in [6.07, 6.45) is 6.14. The first-order chi connectivity index (χ1) is 8.47. The molecule has 0 rings (SSSR count). The normalized spacial score (nSPS) is 13.2. The SMILES string of the molecule is CCCCCCN(CCC(C)C)CC(C)C(=O)O. The maximum Gasteiger partial charge on any atom is 0.307 e. The van der Waals surface area contributed by atoms with Gasteiger partial charge in [0.25, 0.3) is 0 Å². The zero-order chi connectivity index (χ0) is 14.0. The van der Waals surface area contributed by atoms with Gasteiger partial charge in [-0.05, 0) is 31.8 Å². The molecule has 3 heteroatoms. The molecule has 0 spiro atoms. The smallest absolute Gasteiger partial charge is 0.307 e. The number of carbonyl (C=O) groups is 1. The van der Waals surface area contributed by atoms with E-state index in [1.165, 1.54) is 25.7 Å². The second-order valence-corrected chi connectivity index (χ2v) is 5.78. The van der Waals surface area contributed by atoms with Gasteiger partial charge in [0.15, 0.2) is 0 Å². The van der Waals surface area contributed by atoms with Gasteiger partial charge in [-0.15, -0.1) is 0 Å². The largest absolute Gasteiger partial charge is 0.481 e. The predicted molar refractivity (Wildman–Crippen MR) is 76.8 cm³/mol. The van der Waals surface area contributed by atoms with E-state index in [1.807, 2.05) is 0 Å². The van der Waals surface area contributed by atoms with Crippen molar-refractivity contribution in [2.45, 2.75) is 59.8 Å². The Kier molecular flexibility index (Phi) is 10.0. The van der Waals surface area contributed by atoms with Gasteiger partial charge in [-0.25, -0.2) is 0 Å². The Labute approximate surface area is 113 Å².